The molecule has 0 aliphatic carbocycles. The van der Waals surface area contributed by atoms with E-state index >= 15 is 0 Å². The summed E-state index contributed by atoms with van der Waals surface area (Å²) in [5.41, 5.74) is 1.66. The van der Waals surface area contributed by atoms with Crippen LogP contribution >= 0.6 is 0 Å². The molecule has 14 nitrogen and oxygen atoms in total. The Morgan fingerprint density at radius 1 is 0.221 bits per heavy atom. The molecule has 0 radical (unpaired) electrons. The fourth-order valence-corrected chi connectivity index (χ4v) is 17.5. The molecule has 0 saturated carbocycles. The van der Waals surface area contributed by atoms with Crippen LogP contribution in [0.15, 0.2) is 0 Å². The zero-order valence-electron chi connectivity index (χ0n) is 59.5. The van der Waals surface area contributed by atoms with Crippen molar-refractivity contribution in [1.82, 2.24) is 0 Å². The van der Waals surface area contributed by atoms with Crippen LogP contribution in [0.5, 0.6) is 0 Å². The zero-order chi connectivity index (χ0) is 66.3. The maximum absolute atomic E-state index is 13.2. The summed E-state index contributed by atoms with van der Waals surface area (Å²) in [5, 5.41) is 0. The first-order chi connectivity index (χ1) is 39.4. The third kappa shape index (κ3) is 62.2. The summed E-state index contributed by atoms with van der Waals surface area (Å²) < 4.78 is 39.4. The number of rotatable bonds is 42. The van der Waals surface area contributed by atoms with E-state index in [2.05, 4.69) is 145 Å². The van der Waals surface area contributed by atoms with Gasteiger partial charge in [-0.1, -0.05) is 0 Å². The van der Waals surface area contributed by atoms with Crippen LogP contribution < -0.4 is 0 Å². The predicted octanol–water partition coefficient (Wildman–Crippen LogP) is 20.2. The van der Waals surface area contributed by atoms with Gasteiger partial charge in [0.05, 0.1) is 0 Å². The van der Waals surface area contributed by atoms with E-state index < -0.39 is 84.6 Å². The third-order valence-corrected chi connectivity index (χ3v) is 23.6. The van der Waals surface area contributed by atoms with Crippen LogP contribution in [0.4, 0.5) is 0 Å². The van der Waals surface area contributed by atoms with Crippen molar-refractivity contribution in [3.8, 4) is 0 Å². The third-order valence-electron chi connectivity index (χ3n) is 14.3. The molecule has 0 rings (SSSR count). The minimum absolute atomic E-state index is 0.0574. The summed E-state index contributed by atoms with van der Waals surface area (Å²) >= 11 is -9.88. The molecule has 0 atom stereocenters. The molecule has 16 heteroatoms. The van der Waals surface area contributed by atoms with Gasteiger partial charge in [-0.05, 0) is 0 Å². The molecule has 0 aromatic rings. The molecule has 504 valence electrons. The van der Waals surface area contributed by atoms with Crippen LogP contribution in [0.2, 0.25) is 0 Å². The van der Waals surface area contributed by atoms with E-state index in [1.54, 1.807) is 0 Å². The van der Waals surface area contributed by atoms with Crippen molar-refractivity contribution in [3.63, 3.8) is 0 Å². The van der Waals surface area contributed by atoms with Gasteiger partial charge in [-0.15, -0.1) is 0 Å². The second kappa shape index (κ2) is 44.5. The van der Waals surface area contributed by atoms with Crippen LogP contribution in [0.3, 0.4) is 0 Å². The molecule has 0 spiro atoms. The Morgan fingerprint density at radius 2 is 0.360 bits per heavy atom. The van der Waals surface area contributed by atoms with Crippen molar-refractivity contribution >= 4 is 84.6 Å². The quantitative estimate of drug-likeness (QED) is 0.0415. The molecule has 0 aromatic carbocycles. The monoisotopic (exact) mass is 1430 g/mol. The van der Waals surface area contributed by atoms with Gasteiger partial charge in [-0.25, -0.2) is 0 Å². The van der Waals surface area contributed by atoms with Crippen molar-refractivity contribution in [2.24, 2.45) is 37.9 Å². The van der Waals surface area contributed by atoms with Gasteiger partial charge in [0.25, 0.3) is 0 Å². The number of carbonyl (C=O) groups is 7. The Kier molecular flexibility index (Phi) is 44.5. The van der Waals surface area contributed by atoms with Crippen molar-refractivity contribution in [2.75, 3.05) is 0 Å². The second-order valence-electron chi connectivity index (χ2n) is 33.0. The van der Waals surface area contributed by atoms with Crippen LogP contribution in [-0.2, 0) is 54.4 Å². The van der Waals surface area contributed by atoms with E-state index in [0.29, 0.717) is 25.7 Å². The molecule has 0 unspecified atom stereocenters. The summed E-state index contributed by atoms with van der Waals surface area (Å²) in [6, 6.07) is 0. The number of unbranched alkanes of at least 4 members (excludes halogenated alkanes) is 14. The first-order valence-electron chi connectivity index (χ1n) is 33.8. The van der Waals surface area contributed by atoms with E-state index in [-0.39, 0.29) is 82.9 Å². The molecule has 0 bridgehead atoms. The van der Waals surface area contributed by atoms with E-state index in [1.807, 2.05) is 0 Å². The van der Waals surface area contributed by atoms with Crippen LogP contribution in [0.25, 0.3) is 0 Å². The Balaban J connectivity index is 0. The fraction of sp³-hybridized carbons (Fsp3) is 0.900. The van der Waals surface area contributed by atoms with Crippen molar-refractivity contribution in [1.29, 1.82) is 0 Å². The summed E-state index contributed by atoms with van der Waals surface area (Å²) in [4.78, 5) is 90.0. The molecular weight excluding hydrogens is 1300 g/mol. The molecule has 86 heavy (non-hydrogen) atoms. The summed E-state index contributed by atoms with van der Waals surface area (Å²) in [6.07, 6.45) is 26.0. The van der Waals surface area contributed by atoms with Gasteiger partial charge in [0, 0.05) is 0 Å². The van der Waals surface area contributed by atoms with Gasteiger partial charge in [0.2, 0.25) is 0 Å². The van der Waals surface area contributed by atoms with Gasteiger partial charge in [0.1, 0.15) is 0 Å². The molecule has 0 aliphatic rings. The molecule has 0 aromatic heterocycles. The Labute approximate surface area is 543 Å². The van der Waals surface area contributed by atoms with Crippen LogP contribution in [0.1, 0.15) is 370 Å². The van der Waals surface area contributed by atoms with Crippen molar-refractivity contribution < 1.29 is 54.4 Å². The number of carbonyl (C=O) groups excluding carboxylic acids is 7. The van der Waals surface area contributed by atoms with Crippen molar-refractivity contribution in [3.05, 3.63) is 0 Å². The first-order valence-corrected chi connectivity index (χ1v) is 42.5. The van der Waals surface area contributed by atoms with Gasteiger partial charge in [0.15, 0.2) is 0 Å². The standard InChI is InChI=1S/7C10H20O2.In.Sn/c7*1-10(2,3)8-6-4-5-7-9(11)12;;/h7*4-8H2,1-3H3,(H,11,12);;/q;;;;;;;+3;+4/p-7. The van der Waals surface area contributed by atoms with Crippen LogP contribution in [-0.4, -0.2) is 84.6 Å². The average Bonchev–Trinajstić information content (AvgIpc) is 3.45. The Morgan fingerprint density at radius 3 is 0.500 bits per heavy atom. The Bertz CT molecular complexity index is 1640. The maximum atomic E-state index is 13.2. The van der Waals surface area contributed by atoms with Gasteiger partial charge in [-0.3, -0.25) is 0 Å². The van der Waals surface area contributed by atoms with Gasteiger partial charge in [-0.2, -0.15) is 0 Å². The first kappa shape index (κ1) is 86.0. The summed E-state index contributed by atoms with van der Waals surface area (Å²) in [7, 11) is 0. The second-order valence-corrected chi connectivity index (χ2v) is 41.9. The molecule has 0 heterocycles. The van der Waals surface area contributed by atoms with Crippen molar-refractivity contribution in [2.45, 2.75) is 370 Å². The van der Waals surface area contributed by atoms with E-state index in [4.69, 9.17) is 20.9 Å². The van der Waals surface area contributed by atoms with Gasteiger partial charge < -0.3 is 0 Å². The molecule has 0 saturated heterocycles. The molecule has 0 fully saturated rings. The SMILES string of the molecule is CC(C)(C)CCCCCC(=O)[O][In]([O]C(=O)CCCCCC(C)(C)C)[O]C(=O)CCCCCC(C)(C)C.CC(C)(C)CCCCCC(=O)[O][Sn]([O]C(=O)CCCCCC(C)(C)C)([O]C(=O)CCCCCC(C)(C)C)[O]C(=O)CCCCCC(C)(C)C. The zero-order valence-corrected chi connectivity index (χ0v) is 65.7. The van der Waals surface area contributed by atoms with Crippen LogP contribution in [0, 0.1) is 37.9 Å². The number of hydrogen-bond donors (Lipinski definition) is 0. The predicted molar refractivity (Wildman–Crippen MR) is 352 cm³/mol. The summed E-state index contributed by atoms with van der Waals surface area (Å²) in [6.45, 7) is 46.0. The molecule has 0 N–H and O–H groups in total. The average molecular weight is 1430 g/mol. The molecular formula is C70H133InO14Sn. The number of hydrogen-bond acceptors (Lipinski definition) is 14. The summed E-state index contributed by atoms with van der Waals surface area (Å²) in [5.74, 6) is -3.94. The van der Waals surface area contributed by atoms with E-state index in [1.165, 1.54) is 0 Å². The minimum atomic E-state index is -5.84. The van der Waals surface area contributed by atoms with E-state index in [0.717, 1.165) is 154 Å². The molecule has 0 aliphatic heterocycles. The Hall–Kier alpha value is -2.04. The molecule has 0 amide bonds. The normalized spacial score (nSPS) is 12.6. The van der Waals surface area contributed by atoms with E-state index in [9.17, 15) is 33.6 Å². The van der Waals surface area contributed by atoms with Gasteiger partial charge >= 0.3 is 547 Å². The fourth-order valence-electron chi connectivity index (χ4n) is 9.17. The topological polar surface area (TPSA) is 184 Å².